The first kappa shape index (κ1) is 17.1. The Balaban J connectivity index is 2.88. The van der Waals surface area contributed by atoms with Crippen LogP contribution in [0.2, 0.25) is 0 Å². The van der Waals surface area contributed by atoms with Gasteiger partial charge in [0.25, 0.3) is 0 Å². The van der Waals surface area contributed by atoms with Crippen molar-refractivity contribution in [1.29, 1.82) is 0 Å². The van der Waals surface area contributed by atoms with E-state index in [0.29, 0.717) is 0 Å². The molecule has 0 aliphatic carbocycles. The summed E-state index contributed by atoms with van der Waals surface area (Å²) in [4.78, 5) is 12.1. The average Bonchev–Trinajstić information content (AvgIpc) is 2.27. The number of nitrogens with two attached hydrogens (primary N) is 1. The summed E-state index contributed by atoms with van der Waals surface area (Å²) in [5.74, 6) is -1.52. The van der Waals surface area contributed by atoms with Crippen LogP contribution in [0.5, 0.6) is 0 Å². The zero-order valence-corrected chi connectivity index (χ0v) is 10.8. The van der Waals surface area contributed by atoms with E-state index in [4.69, 9.17) is 5.73 Å². The SMILES string of the molecule is CCC(N1CCC(C(N)=O)(C(F)(F)F)CC1)C(F)(F)F. The molecule has 0 saturated carbocycles. The number of hydrogen-bond donors (Lipinski definition) is 1. The van der Waals surface area contributed by atoms with E-state index in [1.54, 1.807) is 0 Å². The Kier molecular flexibility index (Phi) is 4.62. The standard InChI is InChI=1S/C11H16F6N2O/c1-2-7(10(12,13)14)19-5-3-9(4-6-19,8(18)20)11(15,16)17/h7H,2-6H2,1H3,(H2,18,20). The Hall–Kier alpha value is -0.990. The van der Waals surface area contributed by atoms with Crippen LogP contribution in [0, 0.1) is 5.41 Å². The first-order chi connectivity index (χ1) is 8.95. The zero-order valence-electron chi connectivity index (χ0n) is 10.8. The van der Waals surface area contributed by atoms with Crippen LogP contribution in [0.3, 0.4) is 0 Å². The lowest BCUT2D eigenvalue weighted by Crippen LogP contribution is -2.58. The van der Waals surface area contributed by atoms with E-state index in [0.717, 1.165) is 4.90 Å². The van der Waals surface area contributed by atoms with E-state index in [1.165, 1.54) is 6.92 Å². The summed E-state index contributed by atoms with van der Waals surface area (Å²) in [6.45, 7) is 0.402. The molecule has 9 heteroatoms. The first-order valence-electron chi connectivity index (χ1n) is 6.13. The molecule has 1 amide bonds. The lowest BCUT2D eigenvalue weighted by atomic mass is 9.76. The van der Waals surface area contributed by atoms with Gasteiger partial charge in [0, 0.05) is 13.1 Å². The molecular formula is C11H16F6N2O. The number of piperidine rings is 1. The van der Waals surface area contributed by atoms with E-state index in [2.05, 4.69) is 0 Å². The normalized spacial score (nSPS) is 22.6. The molecule has 1 aliphatic heterocycles. The average molecular weight is 306 g/mol. The number of carbonyl (C=O) groups is 1. The molecule has 1 heterocycles. The zero-order chi connectivity index (χ0) is 15.8. The third-order valence-corrected chi connectivity index (χ3v) is 3.87. The topological polar surface area (TPSA) is 46.3 Å². The molecule has 0 aromatic rings. The van der Waals surface area contributed by atoms with Crippen LogP contribution < -0.4 is 5.73 Å². The van der Waals surface area contributed by atoms with E-state index >= 15 is 0 Å². The van der Waals surface area contributed by atoms with Crippen molar-refractivity contribution in [1.82, 2.24) is 4.90 Å². The molecule has 1 atom stereocenters. The predicted octanol–water partition coefficient (Wildman–Crippen LogP) is 2.46. The summed E-state index contributed by atoms with van der Waals surface area (Å²) in [7, 11) is 0. The van der Waals surface area contributed by atoms with E-state index in [-0.39, 0.29) is 6.42 Å². The van der Waals surface area contributed by atoms with Crippen molar-refractivity contribution in [3.63, 3.8) is 0 Å². The van der Waals surface area contributed by atoms with E-state index in [9.17, 15) is 31.1 Å². The van der Waals surface area contributed by atoms with Gasteiger partial charge in [-0.05, 0) is 19.3 Å². The van der Waals surface area contributed by atoms with Gasteiger partial charge >= 0.3 is 12.4 Å². The van der Waals surface area contributed by atoms with Gasteiger partial charge in [0.2, 0.25) is 5.91 Å². The summed E-state index contributed by atoms with van der Waals surface area (Å²) >= 11 is 0. The van der Waals surface area contributed by atoms with Crippen LogP contribution in [-0.2, 0) is 4.79 Å². The van der Waals surface area contributed by atoms with Gasteiger partial charge in [-0.2, -0.15) is 26.3 Å². The Labute approximate surface area is 112 Å². The maximum Gasteiger partial charge on any atom is 0.404 e. The molecule has 2 N–H and O–H groups in total. The number of halogens is 6. The number of nitrogens with zero attached hydrogens (tertiary/aromatic N) is 1. The highest BCUT2D eigenvalue weighted by Gasteiger charge is 2.60. The Morgan fingerprint density at radius 3 is 1.90 bits per heavy atom. The minimum Gasteiger partial charge on any atom is -0.369 e. The summed E-state index contributed by atoms with van der Waals surface area (Å²) in [6, 6.07) is -1.79. The third kappa shape index (κ3) is 3.02. The molecule has 0 aromatic heterocycles. The lowest BCUT2D eigenvalue weighted by Gasteiger charge is -2.43. The summed E-state index contributed by atoms with van der Waals surface area (Å²) in [5.41, 5.74) is 2.11. The second kappa shape index (κ2) is 5.42. The third-order valence-electron chi connectivity index (χ3n) is 3.87. The predicted molar refractivity (Wildman–Crippen MR) is 58.6 cm³/mol. The van der Waals surface area contributed by atoms with Crippen LogP contribution in [0.1, 0.15) is 26.2 Å². The maximum atomic E-state index is 12.9. The number of amides is 1. The quantitative estimate of drug-likeness (QED) is 0.814. The molecule has 0 aromatic carbocycles. The Morgan fingerprint density at radius 1 is 1.20 bits per heavy atom. The number of hydrogen-bond acceptors (Lipinski definition) is 2. The maximum absolute atomic E-state index is 12.9. The minimum atomic E-state index is -4.84. The fourth-order valence-corrected chi connectivity index (χ4v) is 2.58. The molecule has 1 saturated heterocycles. The van der Waals surface area contributed by atoms with Gasteiger partial charge in [-0.3, -0.25) is 9.69 Å². The Morgan fingerprint density at radius 2 is 1.65 bits per heavy atom. The van der Waals surface area contributed by atoms with Crippen LogP contribution in [-0.4, -0.2) is 42.3 Å². The molecule has 1 aliphatic rings. The molecule has 1 fully saturated rings. The van der Waals surface area contributed by atoms with Crippen LogP contribution in [0.4, 0.5) is 26.3 Å². The number of likely N-dealkylation sites (tertiary alicyclic amines) is 1. The van der Waals surface area contributed by atoms with E-state index in [1.807, 2.05) is 0 Å². The molecular weight excluding hydrogens is 290 g/mol. The number of primary amides is 1. The van der Waals surface area contributed by atoms with Crippen molar-refractivity contribution in [2.45, 2.75) is 44.6 Å². The molecule has 20 heavy (non-hydrogen) atoms. The summed E-state index contributed by atoms with van der Waals surface area (Å²) < 4.78 is 77.1. The molecule has 1 unspecified atom stereocenters. The highest BCUT2D eigenvalue weighted by molar-refractivity contribution is 5.82. The second-order valence-corrected chi connectivity index (χ2v) is 4.95. The molecule has 0 spiro atoms. The number of carbonyl (C=O) groups excluding carboxylic acids is 1. The van der Waals surface area contributed by atoms with Gasteiger partial charge in [0.1, 0.15) is 11.5 Å². The van der Waals surface area contributed by atoms with Crippen molar-refractivity contribution in [3.8, 4) is 0 Å². The van der Waals surface area contributed by atoms with Crippen molar-refractivity contribution >= 4 is 5.91 Å². The van der Waals surface area contributed by atoms with Crippen LogP contribution in [0.15, 0.2) is 0 Å². The van der Waals surface area contributed by atoms with Gasteiger partial charge in [0.15, 0.2) is 0 Å². The monoisotopic (exact) mass is 306 g/mol. The molecule has 118 valence electrons. The molecule has 0 radical (unpaired) electrons. The Bertz CT molecular complexity index is 357. The molecule has 0 bridgehead atoms. The summed E-state index contributed by atoms with van der Waals surface area (Å²) in [5, 5.41) is 0. The van der Waals surface area contributed by atoms with Gasteiger partial charge in [-0.1, -0.05) is 6.92 Å². The molecule has 1 rings (SSSR count). The van der Waals surface area contributed by atoms with Crippen molar-refractivity contribution in [3.05, 3.63) is 0 Å². The van der Waals surface area contributed by atoms with Gasteiger partial charge in [-0.25, -0.2) is 0 Å². The van der Waals surface area contributed by atoms with Crippen molar-refractivity contribution < 1.29 is 31.1 Å². The minimum absolute atomic E-state index is 0.251. The largest absolute Gasteiger partial charge is 0.404 e. The van der Waals surface area contributed by atoms with Crippen molar-refractivity contribution in [2.75, 3.05) is 13.1 Å². The van der Waals surface area contributed by atoms with E-state index < -0.39 is 55.6 Å². The highest BCUT2D eigenvalue weighted by atomic mass is 19.4. The summed E-state index contributed by atoms with van der Waals surface area (Å²) in [6.07, 6.45) is -11.1. The number of rotatable bonds is 3. The van der Waals surface area contributed by atoms with Crippen molar-refractivity contribution in [2.24, 2.45) is 11.1 Å². The lowest BCUT2D eigenvalue weighted by molar-refractivity contribution is -0.239. The van der Waals surface area contributed by atoms with Crippen LogP contribution >= 0.6 is 0 Å². The fourth-order valence-electron chi connectivity index (χ4n) is 2.58. The van der Waals surface area contributed by atoms with Crippen LogP contribution in [0.25, 0.3) is 0 Å². The van der Waals surface area contributed by atoms with Gasteiger partial charge in [-0.15, -0.1) is 0 Å². The fraction of sp³-hybridized carbons (Fsp3) is 0.909. The number of alkyl halides is 6. The highest BCUT2D eigenvalue weighted by Crippen LogP contribution is 2.47. The first-order valence-corrected chi connectivity index (χ1v) is 6.13. The second-order valence-electron chi connectivity index (χ2n) is 4.95. The smallest absolute Gasteiger partial charge is 0.369 e. The molecule has 3 nitrogen and oxygen atoms in total. The van der Waals surface area contributed by atoms with Gasteiger partial charge < -0.3 is 5.73 Å². The van der Waals surface area contributed by atoms with Gasteiger partial charge in [0.05, 0.1) is 0 Å².